The quantitative estimate of drug-likeness (QED) is 0.240. The smallest absolute Gasteiger partial charge is 0.356 e. The van der Waals surface area contributed by atoms with Crippen molar-refractivity contribution in [3.05, 3.63) is 99.7 Å². The zero-order chi connectivity index (χ0) is 21.8. The predicted molar refractivity (Wildman–Crippen MR) is 129 cm³/mol. The van der Waals surface area contributed by atoms with E-state index in [0.717, 1.165) is 16.8 Å². The van der Waals surface area contributed by atoms with E-state index >= 15 is 0 Å². The molecule has 1 aromatic heterocycles. The van der Waals surface area contributed by atoms with Gasteiger partial charge < -0.3 is 15.0 Å². The monoisotopic (exact) mass is 450 g/mol. The molecule has 4 nitrogen and oxygen atoms in total. The topological polar surface area (TPSA) is 54.1 Å². The highest BCUT2D eigenvalue weighted by atomic mass is 35.5. The molecule has 3 aromatic carbocycles. The molecular formula is C25H20Cl2N2O2. The van der Waals surface area contributed by atoms with Crippen molar-refractivity contribution in [1.82, 2.24) is 4.98 Å². The fourth-order valence-electron chi connectivity index (χ4n) is 3.39. The van der Waals surface area contributed by atoms with Crippen LogP contribution >= 0.6 is 23.2 Å². The maximum absolute atomic E-state index is 12.7. The van der Waals surface area contributed by atoms with Gasteiger partial charge in [-0.1, -0.05) is 83.9 Å². The first-order valence-electron chi connectivity index (χ1n) is 9.84. The first kappa shape index (κ1) is 21.0. The second-order valence-corrected chi connectivity index (χ2v) is 7.71. The summed E-state index contributed by atoms with van der Waals surface area (Å²) in [6, 6.07) is 23.2. The molecule has 0 aliphatic rings. The van der Waals surface area contributed by atoms with Crippen LogP contribution in [0.4, 0.5) is 5.69 Å². The molecule has 0 atom stereocenters. The summed E-state index contributed by atoms with van der Waals surface area (Å²) >= 11 is 12.7. The summed E-state index contributed by atoms with van der Waals surface area (Å²) in [6.07, 6.45) is 2.02. The second-order valence-electron chi connectivity index (χ2n) is 6.87. The number of carbonyl (C=O) groups excluding carboxylic acids is 1. The second kappa shape index (κ2) is 9.29. The van der Waals surface area contributed by atoms with E-state index < -0.39 is 5.97 Å². The highest BCUT2D eigenvalue weighted by Gasteiger charge is 2.22. The number of nitrogens with one attached hydrogen (secondary N) is 2. The first-order valence-corrected chi connectivity index (χ1v) is 10.6. The van der Waals surface area contributed by atoms with E-state index in [4.69, 9.17) is 27.9 Å². The number of ether oxygens (including phenoxy) is 1. The minimum atomic E-state index is -0.472. The number of anilines is 1. The number of halogens is 2. The molecule has 0 saturated carbocycles. The van der Waals surface area contributed by atoms with Gasteiger partial charge in [0.05, 0.1) is 22.8 Å². The highest BCUT2D eigenvalue weighted by Crippen LogP contribution is 2.38. The van der Waals surface area contributed by atoms with Gasteiger partial charge in [0.25, 0.3) is 0 Å². The molecule has 0 unspecified atom stereocenters. The molecule has 4 aromatic rings. The molecule has 0 aliphatic heterocycles. The number of H-pyrrole nitrogens is 1. The zero-order valence-corrected chi connectivity index (χ0v) is 18.3. The standard InChI is InChI=1S/C25H20Cl2N2O2/c1-2-31-25(30)24-23(22-19(27)14-18(26)15-21(22)29-24)28-20(17-11-7-4-8-12-17)13-16-9-5-3-6-10-16/h3-15,28-29H,2H2,1H3. The van der Waals surface area contributed by atoms with Crippen molar-refractivity contribution in [1.29, 1.82) is 0 Å². The predicted octanol–water partition coefficient (Wildman–Crippen LogP) is 7.26. The van der Waals surface area contributed by atoms with Gasteiger partial charge in [0, 0.05) is 16.1 Å². The Hall–Kier alpha value is -3.21. The lowest BCUT2D eigenvalue weighted by atomic mass is 10.1. The van der Waals surface area contributed by atoms with Crippen molar-refractivity contribution in [2.75, 3.05) is 11.9 Å². The lowest BCUT2D eigenvalue weighted by Crippen LogP contribution is -2.09. The lowest BCUT2D eigenvalue weighted by Gasteiger charge is -2.14. The van der Waals surface area contributed by atoms with E-state index in [2.05, 4.69) is 10.3 Å². The van der Waals surface area contributed by atoms with Gasteiger partial charge in [-0.3, -0.25) is 0 Å². The number of aromatic amines is 1. The normalized spacial score (nSPS) is 11.5. The minimum absolute atomic E-state index is 0.257. The Balaban J connectivity index is 1.90. The van der Waals surface area contributed by atoms with E-state index in [9.17, 15) is 4.79 Å². The lowest BCUT2D eigenvalue weighted by molar-refractivity contribution is 0.0522. The Labute approximate surface area is 190 Å². The molecule has 0 amide bonds. The van der Waals surface area contributed by atoms with Crippen LogP contribution in [0.2, 0.25) is 10.0 Å². The molecule has 1 heterocycles. The third-order valence-electron chi connectivity index (χ3n) is 4.75. The summed E-state index contributed by atoms with van der Waals surface area (Å²) in [5.41, 5.74) is 4.26. The van der Waals surface area contributed by atoms with Crippen LogP contribution in [-0.4, -0.2) is 17.6 Å². The number of esters is 1. The van der Waals surface area contributed by atoms with Crippen LogP contribution in [0, 0.1) is 0 Å². The van der Waals surface area contributed by atoms with E-state index in [1.54, 1.807) is 19.1 Å². The molecule has 0 fully saturated rings. The molecule has 0 radical (unpaired) electrons. The number of benzene rings is 3. The van der Waals surface area contributed by atoms with Gasteiger partial charge >= 0.3 is 5.97 Å². The van der Waals surface area contributed by atoms with E-state index in [1.165, 1.54) is 0 Å². The zero-order valence-electron chi connectivity index (χ0n) is 16.8. The summed E-state index contributed by atoms with van der Waals surface area (Å²) < 4.78 is 5.27. The summed E-state index contributed by atoms with van der Waals surface area (Å²) in [4.78, 5) is 15.8. The molecule has 4 rings (SSSR count). The molecule has 0 spiro atoms. The molecule has 6 heteroatoms. The van der Waals surface area contributed by atoms with Gasteiger partial charge in [-0.25, -0.2) is 4.79 Å². The number of carbonyl (C=O) groups is 1. The van der Waals surface area contributed by atoms with Crippen molar-refractivity contribution in [3.63, 3.8) is 0 Å². The van der Waals surface area contributed by atoms with Crippen LogP contribution in [0.15, 0.2) is 72.8 Å². The van der Waals surface area contributed by atoms with Crippen LogP contribution in [0.25, 0.3) is 22.7 Å². The largest absolute Gasteiger partial charge is 0.461 e. The van der Waals surface area contributed by atoms with E-state index in [0.29, 0.717) is 26.6 Å². The molecule has 0 aliphatic carbocycles. The molecule has 2 N–H and O–H groups in total. The van der Waals surface area contributed by atoms with Crippen LogP contribution in [0.1, 0.15) is 28.5 Å². The van der Waals surface area contributed by atoms with Crippen LogP contribution in [0.5, 0.6) is 0 Å². The first-order chi connectivity index (χ1) is 15.1. The Kier molecular flexibility index (Phi) is 6.31. The van der Waals surface area contributed by atoms with Crippen LogP contribution in [0.3, 0.4) is 0 Å². The van der Waals surface area contributed by atoms with Crippen LogP contribution < -0.4 is 5.32 Å². The molecule has 156 valence electrons. The van der Waals surface area contributed by atoms with Crippen LogP contribution in [-0.2, 0) is 4.74 Å². The summed E-state index contributed by atoms with van der Waals surface area (Å²) in [6.45, 7) is 2.02. The minimum Gasteiger partial charge on any atom is -0.461 e. The fraction of sp³-hybridized carbons (Fsp3) is 0.0800. The Morgan fingerprint density at radius 3 is 2.39 bits per heavy atom. The van der Waals surface area contributed by atoms with Gasteiger partial charge in [0.2, 0.25) is 0 Å². The van der Waals surface area contributed by atoms with Crippen molar-refractivity contribution < 1.29 is 9.53 Å². The van der Waals surface area contributed by atoms with Gasteiger partial charge in [0.15, 0.2) is 0 Å². The van der Waals surface area contributed by atoms with Crippen molar-refractivity contribution >= 4 is 57.5 Å². The third-order valence-corrected chi connectivity index (χ3v) is 5.27. The number of rotatable bonds is 6. The molecule has 0 saturated heterocycles. The van der Waals surface area contributed by atoms with Crippen molar-refractivity contribution in [2.24, 2.45) is 0 Å². The number of aromatic nitrogens is 1. The maximum Gasteiger partial charge on any atom is 0.356 e. The molecule has 0 bridgehead atoms. The Morgan fingerprint density at radius 2 is 1.71 bits per heavy atom. The summed E-state index contributed by atoms with van der Waals surface area (Å²) in [7, 11) is 0. The number of hydrogen-bond donors (Lipinski definition) is 2. The highest BCUT2D eigenvalue weighted by molar-refractivity contribution is 6.40. The Bertz CT molecular complexity index is 1250. The summed E-state index contributed by atoms with van der Waals surface area (Å²) in [5, 5.41) is 5.02. The summed E-state index contributed by atoms with van der Waals surface area (Å²) in [5.74, 6) is -0.472. The third kappa shape index (κ3) is 4.61. The average molecular weight is 451 g/mol. The van der Waals surface area contributed by atoms with Gasteiger partial charge in [0.1, 0.15) is 5.69 Å². The van der Waals surface area contributed by atoms with Gasteiger partial charge in [-0.05, 0) is 36.3 Å². The maximum atomic E-state index is 12.7. The molecular weight excluding hydrogens is 431 g/mol. The number of fused-ring (bicyclic) bond motifs is 1. The average Bonchev–Trinajstić information content (AvgIpc) is 3.13. The van der Waals surface area contributed by atoms with E-state index in [-0.39, 0.29) is 12.3 Å². The fourth-order valence-corrected chi connectivity index (χ4v) is 3.98. The Morgan fingerprint density at radius 1 is 1.03 bits per heavy atom. The SMILES string of the molecule is CCOC(=O)c1[nH]c2cc(Cl)cc(Cl)c2c1NC(=Cc1ccccc1)c1ccccc1. The van der Waals surface area contributed by atoms with Crippen molar-refractivity contribution in [3.8, 4) is 0 Å². The van der Waals surface area contributed by atoms with Gasteiger partial charge in [-0.15, -0.1) is 0 Å². The molecule has 31 heavy (non-hydrogen) atoms. The van der Waals surface area contributed by atoms with Crippen molar-refractivity contribution in [2.45, 2.75) is 6.92 Å². The van der Waals surface area contributed by atoms with Gasteiger partial charge in [-0.2, -0.15) is 0 Å². The number of hydrogen-bond acceptors (Lipinski definition) is 3. The van der Waals surface area contributed by atoms with E-state index in [1.807, 2.05) is 66.7 Å².